The highest BCUT2D eigenvalue weighted by molar-refractivity contribution is 5.95. The van der Waals surface area contributed by atoms with Gasteiger partial charge in [-0.3, -0.25) is 9.89 Å². The minimum atomic E-state index is -4.55. The molecule has 0 saturated heterocycles. The average Bonchev–Trinajstić information content (AvgIpc) is 3.09. The lowest BCUT2D eigenvalue weighted by molar-refractivity contribution is -0.140. The van der Waals surface area contributed by atoms with E-state index in [2.05, 4.69) is 10.2 Å². The van der Waals surface area contributed by atoms with Gasteiger partial charge in [0.05, 0.1) is 11.2 Å². The Morgan fingerprint density at radius 2 is 2.00 bits per heavy atom. The van der Waals surface area contributed by atoms with Crippen molar-refractivity contribution < 1.29 is 18.0 Å². The summed E-state index contributed by atoms with van der Waals surface area (Å²) in [6.07, 6.45) is 0.152. The van der Waals surface area contributed by atoms with Crippen LogP contribution in [0.1, 0.15) is 34.6 Å². The number of alkyl halides is 3. The number of nitrogens with zero attached hydrogens (tertiary/aromatic N) is 3. The summed E-state index contributed by atoms with van der Waals surface area (Å²) in [6.45, 7) is 0. The number of nitrogens with one attached hydrogen (secondary N) is 1. The Morgan fingerprint density at radius 1 is 1.22 bits per heavy atom. The molecule has 1 aliphatic heterocycles. The van der Waals surface area contributed by atoms with Crippen LogP contribution >= 0.6 is 0 Å². The van der Waals surface area contributed by atoms with Gasteiger partial charge in [-0.25, -0.2) is 0 Å². The highest BCUT2D eigenvalue weighted by Crippen LogP contribution is 2.54. The lowest BCUT2D eigenvalue weighted by Crippen LogP contribution is -2.36. The third-order valence-electron chi connectivity index (χ3n) is 5.62. The van der Waals surface area contributed by atoms with Gasteiger partial charge < -0.3 is 9.47 Å². The van der Waals surface area contributed by atoms with Crippen molar-refractivity contribution in [1.82, 2.24) is 19.7 Å². The summed E-state index contributed by atoms with van der Waals surface area (Å²) in [7, 11) is 1.79. The van der Waals surface area contributed by atoms with Gasteiger partial charge >= 0.3 is 6.18 Å². The predicted molar refractivity (Wildman–Crippen MR) is 91.4 cm³/mol. The maximum atomic E-state index is 13.3. The molecule has 27 heavy (non-hydrogen) atoms. The molecule has 1 saturated carbocycles. The van der Waals surface area contributed by atoms with Crippen molar-refractivity contribution in [3.63, 3.8) is 0 Å². The second-order valence-corrected chi connectivity index (χ2v) is 7.04. The lowest BCUT2D eigenvalue weighted by Gasteiger charge is -2.27. The van der Waals surface area contributed by atoms with E-state index in [1.807, 2.05) is 6.07 Å². The van der Waals surface area contributed by atoms with Crippen LogP contribution in [0.4, 0.5) is 13.2 Å². The van der Waals surface area contributed by atoms with Gasteiger partial charge in [-0.15, -0.1) is 0 Å². The van der Waals surface area contributed by atoms with Crippen LogP contribution in [0.2, 0.25) is 0 Å². The molecule has 1 amide bonds. The summed E-state index contributed by atoms with van der Waals surface area (Å²) >= 11 is 0. The zero-order chi connectivity index (χ0) is 19.0. The quantitative estimate of drug-likeness (QED) is 0.703. The number of aromatic amines is 1. The molecule has 0 bridgehead atoms. The summed E-state index contributed by atoms with van der Waals surface area (Å²) in [5.74, 6) is -0.0884. The largest absolute Gasteiger partial charge is 0.435 e. The Morgan fingerprint density at radius 3 is 2.70 bits per heavy atom. The van der Waals surface area contributed by atoms with E-state index in [9.17, 15) is 18.0 Å². The molecule has 0 atom stereocenters. The minimum Gasteiger partial charge on any atom is -0.331 e. The third-order valence-corrected chi connectivity index (χ3v) is 5.62. The van der Waals surface area contributed by atoms with Crippen molar-refractivity contribution >= 4 is 5.91 Å². The van der Waals surface area contributed by atoms with Crippen LogP contribution in [-0.2, 0) is 11.7 Å². The zero-order valence-electron chi connectivity index (χ0n) is 14.3. The first-order valence-electron chi connectivity index (χ1n) is 8.55. The second-order valence-electron chi connectivity index (χ2n) is 7.04. The average molecular weight is 372 g/mol. The molecule has 138 valence electrons. The molecule has 2 aromatic heterocycles. The molecule has 1 N–H and O–H groups in total. The molecule has 2 aliphatic rings. The fourth-order valence-electron chi connectivity index (χ4n) is 4.05. The summed E-state index contributed by atoms with van der Waals surface area (Å²) in [6, 6.07) is 8.72. The van der Waals surface area contributed by atoms with Crippen LogP contribution in [-0.4, -0.2) is 32.6 Å². The Kier molecular flexibility index (Phi) is 3.01. The highest BCUT2D eigenvalue weighted by atomic mass is 19.4. The first-order chi connectivity index (χ1) is 12.8. The number of hydrogen-bond acceptors (Lipinski definition) is 2. The van der Waals surface area contributed by atoms with Crippen LogP contribution in [0.15, 0.2) is 42.7 Å². The van der Waals surface area contributed by atoms with Crippen molar-refractivity contribution in [3.8, 4) is 16.8 Å². The Hall–Kier alpha value is -3.03. The lowest BCUT2D eigenvalue weighted by atomic mass is 9.96. The van der Waals surface area contributed by atoms with Gasteiger partial charge in [-0.1, -0.05) is 12.1 Å². The van der Waals surface area contributed by atoms with Gasteiger partial charge in [0.25, 0.3) is 5.91 Å². The van der Waals surface area contributed by atoms with E-state index in [-0.39, 0.29) is 17.0 Å². The van der Waals surface area contributed by atoms with Gasteiger partial charge in [-0.05, 0) is 36.6 Å². The number of aromatic nitrogens is 3. The van der Waals surface area contributed by atoms with Crippen molar-refractivity contribution in [1.29, 1.82) is 0 Å². The Balaban J connectivity index is 1.75. The van der Waals surface area contributed by atoms with E-state index in [1.54, 1.807) is 47.0 Å². The number of fused-ring (bicyclic) bond motifs is 4. The Labute approximate surface area is 152 Å². The number of carbonyl (C=O) groups is 1. The highest BCUT2D eigenvalue weighted by Gasteiger charge is 2.53. The molecule has 1 spiro atoms. The standard InChI is InChI=1S/C19H15F3N4O/c1-25-17(27)14-3-2-8-26(14)15-9-11(4-5-13(15)18(25)6-7-18)12-10-23-24-16(12)19(20,21)22/h2-5,8-10H,6-7H2,1H3,(H,23,24). The van der Waals surface area contributed by atoms with E-state index in [0.717, 1.165) is 24.1 Å². The number of H-pyrrole nitrogens is 1. The summed E-state index contributed by atoms with van der Waals surface area (Å²) < 4.78 is 41.5. The van der Waals surface area contributed by atoms with Crippen LogP contribution in [0, 0.1) is 0 Å². The fourth-order valence-corrected chi connectivity index (χ4v) is 4.05. The number of halogens is 3. The molecule has 0 radical (unpaired) electrons. The molecule has 1 aliphatic carbocycles. The minimum absolute atomic E-state index is 0.00668. The molecular formula is C19H15F3N4O. The molecule has 0 unspecified atom stereocenters. The van der Waals surface area contributed by atoms with Crippen molar-refractivity contribution in [2.24, 2.45) is 0 Å². The smallest absolute Gasteiger partial charge is 0.331 e. The number of hydrogen-bond donors (Lipinski definition) is 1. The number of amides is 1. The maximum Gasteiger partial charge on any atom is 0.435 e. The van der Waals surface area contributed by atoms with E-state index in [4.69, 9.17) is 0 Å². The molecule has 8 heteroatoms. The fraction of sp³-hybridized carbons (Fsp3) is 0.263. The summed E-state index contributed by atoms with van der Waals surface area (Å²) in [5, 5.41) is 5.69. The van der Waals surface area contributed by atoms with Crippen molar-refractivity contribution in [2.45, 2.75) is 24.6 Å². The van der Waals surface area contributed by atoms with Crippen LogP contribution in [0.3, 0.4) is 0 Å². The molecule has 5 rings (SSSR count). The van der Waals surface area contributed by atoms with E-state index in [0.29, 0.717) is 11.3 Å². The Bertz CT molecular complexity index is 1070. The normalized spacial score (nSPS) is 17.6. The van der Waals surface area contributed by atoms with Crippen molar-refractivity contribution in [2.75, 3.05) is 7.05 Å². The molecule has 3 aromatic rings. The van der Waals surface area contributed by atoms with Crippen LogP contribution in [0.5, 0.6) is 0 Å². The number of carbonyl (C=O) groups excluding carboxylic acids is 1. The number of benzene rings is 1. The monoisotopic (exact) mass is 372 g/mol. The topological polar surface area (TPSA) is 53.9 Å². The third kappa shape index (κ3) is 2.12. The van der Waals surface area contributed by atoms with Crippen LogP contribution in [0.25, 0.3) is 16.8 Å². The van der Waals surface area contributed by atoms with E-state index >= 15 is 0 Å². The van der Waals surface area contributed by atoms with Crippen molar-refractivity contribution in [3.05, 3.63) is 59.7 Å². The molecular weight excluding hydrogens is 357 g/mol. The van der Waals surface area contributed by atoms with E-state index in [1.165, 1.54) is 6.20 Å². The SMILES string of the molecule is CN1C(=O)c2cccn2-c2cc(-c3c[nH]nc3C(F)(F)F)ccc2C12CC2. The van der Waals surface area contributed by atoms with Gasteiger partial charge in [0, 0.05) is 30.6 Å². The summed E-state index contributed by atoms with van der Waals surface area (Å²) in [4.78, 5) is 14.6. The summed E-state index contributed by atoms with van der Waals surface area (Å²) in [5.41, 5.74) is 1.26. The van der Waals surface area contributed by atoms with E-state index < -0.39 is 11.9 Å². The van der Waals surface area contributed by atoms with Gasteiger partial charge in [0.2, 0.25) is 0 Å². The van der Waals surface area contributed by atoms with Gasteiger partial charge in [0.1, 0.15) is 5.69 Å². The first kappa shape index (κ1) is 16.2. The predicted octanol–water partition coefficient (Wildman–Crippen LogP) is 3.96. The maximum absolute atomic E-state index is 13.3. The first-order valence-corrected chi connectivity index (χ1v) is 8.55. The molecule has 1 fully saturated rings. The second kappa shape index (κ2) is 5.03. The van der Waals surface area contributed by atoms with Gasteiger partial charge in [0.15, 0.2) is 5.69 Å². The van der Waals surface area contributed by atoms with Gasteiger partial charge in [-0.2, -0.15) is 18.3 Å². The molecule has 5 nitrogen and oxygen atoms in total. The molecule has 3 heterocycles. The zero-order valence-corrected chi connectivity index (χ0v) is 14.3. The number of rotatable bonds is 1. The molecule has 1 aromatic carbocycles. The van der Waals surface area contributed by atoms with Crippen LogP contribution < -0.4 is 0 Å².